The average molecular weight is 318 g/mol. The molecule has 0 spiro atoms. The van der Waals surface area contributed by atoms with E-state index in [1.54, 1.807) is 0 Å². The van der Waals surface area contributed by atoms with E-state index in [0.717, 1.165) is 24.6 Å². The summed E-state index contributed by atoms with van der Waals surface area (Å²) < 4.78 is 5.82. The highest BCUT2D eigenvalue weighted by Crippen LogP contribution is 2.19. The lowest BCUT2D eigenvalue weighted by atomic mass is 9.94. The lowest BCUT2D eigenvalue weighted by Crippen LogP contribution is -2.39. The number of benzene rings is 1. The van der Waals surface area contributed by atoms with Crippen molar-refractivity contribution in [2.24, 2.45) is 5.92 Å². The number of rotatable bonds is 7. The number of nitrogens with one attached hydrogen (secondary N) is 1. The monoisotopic (exact) mass is 318 g/mol. The van der Waals surface area contributed by atoms with Crippen LogP contribution in [-0.2, 0) is 4.79 Å². The molecular weight excluding hydrogens is 288 g/mol. The van der Waals surface area contributed by atoms with Gasteiger partial charge in [0.15, 0.2) is 6.10 Å². The molecule has 2 rings (SSSR count). The number of carbonyl (C=O) groups excluding carboxylic acids is 1. The zero-order valence-corrected chi connectivity index (χ0v) is 14.7. The Morgan fingerprint density at radius 2 is 1.96 bits per heavy atom. The first-order valence-electron chi connectivity index (χ1n) is 8.78. The van der Waals surface area contributed by atoms with Gasteiger partial charge in [-0.05, 0) is 70.8 Å². The van der Waals surface area contributed by atoms with Gasteiger partial charge in [0.1, 0.15) is 5.75 Å². The summed E-state index contributed by atoms with van der Waals surface area (Å²) in [5.41, 5.74) is 1.19. The van der Waals surface area contributed by atoms with Gasteiger partial charge in [0.25, 0.3) is 5.91 Å². The quantitative estimate of drug-likeness (QED) is 0.840. The van der Waals surface area contributed by atoms with E-state index in [4.69, 9.17) is 4.74 Å². The van der Waals surface area contributed by atoms with E-state index in [2.05, 4.69) is 17.3 Å². The van der Waals surface area contributed by atoms with Crippen LogP contribution in [-0.4, -0.2) is 43.6 Å². The van der Waals surface area contributed by atoms with Crippen LogP contribution in [0.1, 0.15) is 38.2 Å². The molecule has 0 saturated carbocycles. The molecule has 128 valence electrons. The van der Waals surface area contributed by atoms with E-state index in [1.165, 1.54) is 31.5 Å². The highest BCUT2D eigenvalue weighted by atomic mass is 16.5. The summed E-state index contributed by atoms with van der Waals surface area (Å²) in [6.07, 6.45) is 3.82. The number of hydrogen-bond donors (Lipinski definition) is 1. The third-order valence-electron chi connectivity index (χ3n) is 4.65. The predicted octanol–water partition coefficient (Wildman–Crippen LogP) is 3.00. The third-order valence-corrected chi connectivity index (χ3v) is 4.65. The topological polar surface area (TPSA) is 41.6 Å². The Morgan fingerprint density at radius 3 is 2.57 bits per heavy atom. The highest BCUT2D eigenvalue weighted by molar-refractivity contribution is 5.81. The second kappa shape index (κ2) is 8.92. The molecule has 1 amide bonds. The zero-order chi connectivity index (χ0) is 16.7. The zero-order valence-electron chi connectivity index (χ0n) is 14.7. The minimum Gasteiger partial charge on any atom is -0.481 e. The minimum absolute atomic E-state index is 0.000928. The Morgan fingerprint density at radius 1 is 1.30 bits per heavy atom. The second-order valence-corrected chi connectivity index (χ2v) is 6.65. The van der Waals surface area contributed by atoms with Crippen LogP contribution in [0.2, 0.25) is 0 Å². The molecule has 4 heteroatoms. The molecule has 0 unspecified atom stereocenters. The van der Waals surface area contributed by atoms with Crippen molar-refractivity contribution in [3.63, 3.8) is 0 Å². The smallest absolute Gasteiger partial charge is 0.261 e. The number of likely N-dealkylation sites (tertiary alicyclic amines) is 1. The van der Waals surface area contributed by atoms with E-state index in [0.29, 0.717) is 6.42 Å². The Kier molecular flexibility index (Phi) is 6.90. The van der Waals surface area contributed by atoms with Crippen LogP contribution in [0, 0.1) is 12.8 Å². The normalized spacial score (nSPS) is 17.7. The number of piperidine rings is 1. The van der Waals surface area contributed by atoms with Crippen LogP contribution in [0.25, 0.3) is 0 Å². The maximum Gasteiger partial charge on any atom is 0.261 e. The lowest BCUT2D eigenvalue weighted by molar-refractivity contribution is -0.128. The summed E-state index contributed by atoms with van der Waals surface area (Å²) in [6.45, 7) is 7.12. The van der Waals surface area contributed by atoms with Crippen molar-refractivity contribution in [3.8, 4) is 5.75 Å². The van der Waals surface area contributed by atoms with Gasteiger partial charge in [-0.15, -0.1) is 0 Å². The maximum atomic E-state index is 12.3. The molecule has 23 heavy (non-hydrogen) atoms. The SMILES string of the molecule is CC[C@@H](Oc1ccc(C)cc1)C(=O)NCCC1CCN(C)CC1. The molecule has 1 aromatic carbocycles. The van der Waals surface area contributed by atoms with Crippen LogP contribution in [0.15, 0.2) is 24.3 Å². The van der Waals surface area contributed by atoms with Crippen molar-refractivity contribution in [1.82, 2.24) is 10.2 Å². The Balaban J connectivity index is 1.73. The number of ether oxygens (including phenoxy) is 1. The van der Waals surface area contributed by atoms with Gasteiger partial charge in [-0.1, -0.05) is 24.6 Å². The van der Waals surface area contributed by atoms with Crippen molar-refractivity contribution in [1.29, 1.82) is 0 Å². The molecular formula is C19H30N2O2. The van der Waals surface area contributed by atoms with E-state index in [1.807, 2.05) is 38.1 Å². The molecule has 1 atom stereocenters. The highest BCUT2D eigenvalue weighted by Gasteiger charge is 2.20. The van der Waals surface area contributed by atoms with Gasteiger partial charge in [-0.2, -0.15) is 0 Å². The van der Waals surface area contributed by atoms with Crippen LogP contribution >= 0.6 is 0 Å². The first-order chi connectivity index (χ1) is 11.1. The van der Waals surface area contributed by atoms with Crippen LogP contribution in [0.3, 0.4) is 0 Å². The average Bonchev–Trinajstić information content (AvgIpc) is 2.56. The first-order valence-corrected chi connectivity index (χ1v) is 8.78. The summed E-state index contributed by atoms with van der Waals surface area (Å²) in [7, 11) is 2.17. The fourth-order valence-electron chi connectivity index (χ4n) is 2.97. The molecule has 0 radical (unpaired) electrons. The van der Waals surface area contributed by atoms with E-state index >= 15 is 0 Å². The van der Waals surface area contributed by atoms with Gasteiger partial charge in [0.2, 0.25) is 0 Å². The maximum absolute atomic E-state index is 12.3. The standard InChI is InChI=1S/C19H30N2O2/c1-4-18(23-17-7-5-15(2)6-8-17)19(22)20-12-9-16-10-13-21(3)14-11-16/h5-8,16,18H,4,9-14H2,1-3H3,(H,20,22)/t18-/m1/s1. The fraction of sp³-hybridized carbons (Fsp3) is 0.632. The number of amides is 1. The van der Waals surface area contributed by atoms with E-state index < -0.39 is 6.10 Å². The van der Waals surface area contributed by atoms with Crippen molar-refractivity contribution >= 4 is 5.91 Å². The molecule has 1 aliphatic heterocycles. The first kappa shape index (κ1) is 17.8. The van der Waals surface area contributed by atoms with Gasteiger partial charge in [0.05, 0.1) is 0 Å². The molecule has 1 fully saturated rings. The summed E-state index contributed by atoms with van der Waals surface area (Å²) in [5.74, 6) is 1.50. The number of nitrogens with zero attached hydrogens (tertiary/aromatic N) is 1. The van der Waals surface area contributed by atoms with Gasteiger partial charge in [-0.3, -0.25) is 4.79 Å². The van der Waals surface area contributed by atoms with Gasteiger partial charge in [-0.25, -0.2) is 0 Å². The van der Waals surface area contributed by atoms with Gasteiger partial charge in [0, 0.05) is 6.54 Å². The van der Waals surface area contributed by atoms with Gasteiger partial charge >= 0.3 is 0 Å². The number of carbonyl (C=O) groups is 1. The Labute approximate surface area is 140 Å². The molecule has 1 aliphatic rings. The van der Waals surface area contributed by atoms with Crippen molar-refractivity contribution in [2.75, 3.05) is 26.7 Å². The predicted molar refractivity (Wildman–Crippen MR) is 93.7 cm³/mol. The molecule has 0 aromatic heterocycles. The van der Waals surface area contributed by atoms with Crippen molar-refractivity contribution in [2.45, 2.75) is 45.6 Å². The van der Waals surface area contributed by atoms with E-state index in [9.17, 15) is 4.79 Å². The van der Waals surface area contributed by atoms with Crippen LogP contribution in [0.5, 0.6) is 5.75 Å². The molecule has 1 heterocycles. The summed E-state index contributed by atoms with van der Waals surface area (Å²) in [6, 6.07) is 7.84. The summed E-state index contributed by atoms with van der Waals surface area (Å²) >= 11 is 0. The van der Waals surface area contributed by atoms with E-state index in [-0.39, 0.29) is 5.91 Å². The van der Waals surface area contributed by atoms with Gasteiger partial charge < -0.3 is 15.0 Å². The van der Waals surface area contributed by atoms with Crippen molar-refractivity contribution in [3.05, 3.63) is 29.8 Å². The molecule has 0 bridgehead atoms. The Bertz CT molecular complexity index is 479. The van der Waals surface area contributed by atoms with Crippen LogP contribution in [0.4, 0.5) is 0 Å². The second-order valence-electron chi connectivity index (χ2n) is 6.65. The molecule has 1 N–H and O–H groups in total. The molecule has 1 aromatic rings. The van der Waals surface area contributed by atoms with Crippen LogP contribution < -0.4 is 10.1 Å². The molecule has 4 nitrogen and oxygen atoms in total. The largest absolute Gasteiger partial charge is 0.481 e. The molecule has 0 aliphatic carbocycles. The number of hydrogen-bond acceptors (Lipinski definition) is 3. The van der Waals surface area contributed by atoms with Crippen molar-refractivity contribution < 1.29 is 9.53 Å². The molecule has 1 saturated heterocycles. The third kappa shape index (κ3) is 5.87. The lowest BCUT2D eigenvalue weighted by Gasteiger charge is -2.29. The summed E-state index contributed by atoms with van der Waals surface area (Å²) in [5, 5.41) is 3.05. The number of aryl methyl sites for hydroxylation is 1. The summed E-state index contributed by atoms with van der Waals surface area (Å²) in [4.78, 5) is 14.7. The Hall–Kier alpha value is -1.55. The fourth-order valence-corrected chi connectivity index (χ4v) is 2.97. The minimum atomic E-state index is -0.407.